The molecule has 0 saturated heterocycles. The fraction of sp³-hybridized carbons (Fsp3) is 0.403. The standard InChI is InChI=1S/C77H86BN3/c1-70(2,3)53-31-34-63(58(42-53)51-30-29-49-25-19-20-26-50(49)41-51)79-65-36-33-55(72(7,8)9)45-61(65)78-62-46-56(73(10,11)12)44-60-69(62)81(76(15)39-23-24-40-77(60,76)52-27-17-16-18-28-52)67-48-57(47-66(79)68(67)78)80-64-35-32-54(71(4,5)6)43-59(64)74(13)37-21-22-38-75(74,80)14/h16-20,25-36,41-48H,21-24,37-40H2,1-15H3. The Bertz CT molecular complexity index is 3910. The molecule has 14 rings (SSSR count). The zero-order valence-corrected chi connectivity index (χ0v) is 51.5. The quantitative estimate of drug-likeness (QED) is 0.163. The summed E-state index contributed by atoms with van der Waals surface area (Å²) >= 11 is 0. The third-order valence-electron chi connectivity index (χ3n) is 21.9. The zero-order valence-electron chi connectivity index (χ0n) is 51.5. The van der Waals surface area contributed by atoms with Gasteiger partial charge in [0, 0.05) is 50.5 Å². The highest BCUT2D eigenvalue weighted by molar-refractivity contribution is 7.00. The van der Waals surface area contributed by atoms with E-state index < -0.39 is 0 Å². The van der Waals surface area contributed by atoms with Crippen LogP contribution in [0.1, 0.15) is 194 Å². The van der Waals surface area contributed by atoms with Crippen LogP contribution in [0.2, 0.25) is 0 Å². The number of fused-ring (bicyclic) bond motifs is 11. The van der Waals surface area contributed by atoms with E-state index in [1.165, 1.54) is 149 Å². The van der Waals surface area contributed by atoms with Gasteiger partial charge in [-0.3, -0.25) is 0 Å². The molecule has 0 aromatic heterocycles. The number of hydrogen-bond donors (Lipinski definition) is 0. The second kappa shape index (κ2) is 17.3. The largest absolute Gasteiger partial charge is 0.335 e. The van der Waals surface area contributed by atoms with Crippen molar-refractivity contribution in [1.29, 1.82) is 0 Å². The zero-order chi connectivity index (χ0) is 56.8. The minimum absolute atomic E-state index is 0.00446. The van der Waals surface area contributed by atoms with Gasteiger partial charge in [0.05, 0.1) is 16.8 Å². The first kappa shape index (κ1) is 52.6. The van der Waals surface area contributed by atoms with Crippen molar-refractivity contribution in [2.75, 3.05) is 14.7 Å². The molecule has 0 bridgehead atoms. The van der Waals surface area contributed by atoms with Crippen LogP contribution in [-0.2, 0) is 32.5 Å². The molecule has 4 unspecified atom stereocenters. The summed E-state index contributed by atoms with van der Waals surface area (Å²) in [4.78, 5) is 8.66. The Morgan fingerprint density at radius 2 is 0.963 bits per heavy atom. The van der Waals surface area contributed by atoms with Crippen LogP contribution in [0.3, 0.4) is 0 Å². The SMILES string of the molecule is CC(C)(C)c1ccc2c(c1)B1c3cc(C(C)(C)C)cc4c3N(c3cc(N5c6ccc(C(C)(C)C)cc6C6(C)CCCCC56C)cc(c31)N2c1ccc(C(C)(C)C)cc1-c1ccc2ccccc2c1)C1(C)CCCCC41c1ccccc1. The molecular formula is C77H86BN3. The van der Waals surface area contributed by atoms with Crippen LogP contribution in [0.25, 0.3) is 21.9 Å². The summed E-state index contributed by atoms with van der Waals surface area (Å²) in [5.74, 6) is 0. The van der Waals surface area contributed by atoms with Crippen LogP contribution >= 0.6 is 0 Å². The molecule has 4 heterocycles. The van der Waals surface area contributed by atoms with Gasteiger partial charge in [-0.15, -0.1) is 0 Å². The Balaban J connectivity index is 1.15. The Morgan fingerprint density at radius 1 is 0.407 bits per heavy atom. The van der Waals surface area contributed by atoms with E-state index in [4.69, 9.17) is 0 Å². The van der Waals surface area contributed by atoms with Gasteiger partial charge in [-0.25, -0.2) is 0 Å². The minimum atomic E-state index is -0.256. The van der Waals surface area contributed by atoms with E-state index in [0.717, 1.165) is 19.3 Å². The lowest BCUT2D eigenvalue weighted by Crippen LogP contribution is -2.65. The third kappa shape index (κ3) is 7.32. The van der Waals surface area contributed by atoms with Gasteiger partial charge in [0.1, 0.15) is 0 Å². The fourth-order valence-corrected chi connectivity index (χ4v) is 17.0. The molecule has 412 valence electrons. The van der Waals surface area contributed by atoms with E-state index in [9.17, 15) is 0 Å². The van der Waals surface area contributed by atoms with Crippen LogP contribution in [0, 0.1) is 0 Å². The van der Waals surface area contributed by atoms with Crippen molar-refractivity contribution in [2.45, 2.75) is 199 Å². The van der Waals surface area contributed by atoms with Gasteiger partial charge < -0.3 is 14.7 Å². The number of anilines is 7. The molecule has 0 spiro atoms. The van der Waals surface area contributed by atoms with Crippen molar-refractivity contribution in [1.82, 2.24) is 0 Å². The average Bonchev–Trinajstić information content (AvgIpc) is 3.71. The maximum absolute atomic E-state index is 3.00. The molecular weight excluding hydrogens is 978 g/mol. The summed E-state index contributed by atoms with van der Waals surface area (Å²) in [6, 6.07) is 61.5. The number of benzene rings is 8. The highest BCUT2D eigenvalue weighted by Crippen LogP contribution is 2.67. The molecule has 2 fully saturated rings. The Morgan fingerprint density at radius 3 is 1.65 bits per heavy atom. The maximum Gasteiger partial charge on any atom is 0.252 e. The van der Waals surface area contributed by atoms with E-state index in [-0.39, 0.29) is 50.3 Å². The van der Waals surface area contributed by atoms with Crippen molar-refractivity contribution in [2.24, 2.45) is 0 Å². The molecule has 8 aromatic rings. The van der Waals surface area contributed by atoms with Crippen molar-refractivity contribution >= 4 is 73.7 Å². The van der Waals surface area contributed by atoms with Gasteiger partial charge in [-0.05, 0) is 175 Å². The van der Waals surface area contributed by atoms with Gasteiger partial charge in [0.2, 0.25) is 0 Å². The van der Waals surface area contributed by atoms with E-state index in [0.29, 0.717) is 0 Å². The molecule has 6 aliphatic rings. The average molecular weight is 1060 g/mol. The molecule has 0 radical (unpaired) electrons. The van der Waals surface area contributed by atoms with Gasteiger partial charge in [-0.2, -0.15) is 0 Å². The summed E-state index contributed by atoms with van der Waals surface area (Å²) in [5.41, 5.74) is 25.5. The van der Waals surface area contributed by atoms with E-state index in [1.807, 2.05) is 0 Å². The molecule has 2 saturated carbocycles. The summed E-state index contributed by atoms with van der Waals surface area (Å²) < 4.78 is 0. The Labute approximate surface area is 486 Å². The molecule has 4 aliphatic heterocycles. The minimum Gasteiger partial charge on any atom is -0.335 e. The molecule has 4 atom stereocenters. The summed E-state index contributed by atoms with van der Waals surface area (Å²) in [5, 5.41) is 2.53. The van der Waals surface area contributed by atoms with Crippen LogP contribution in [-0.4, -0.2) is 17.8 Å². The van der Waals surface area contributed by atoms with Gasteiger partial charge in [0.15, 0.2) is 0 Å². The van der Waals surface area contributed by atoms with Crippen molar-refractivity contribution in [3.05, 3.63) is 191 Å². The lowest BCUT2D eigenvalue weighted by molar-refractivity contribution is 0.194. The normalized spacial score (nSPS) is 23.7. The van der Waals surface area contributed by atoms with Crippen molar-refractivity contribution in [3.8, 4) is 11.1 Å². The lowest BCUT2D eigenvalue weighted by atomic mass is 9.33. The van der Waals surface area contributed by atoms with Crippen LogP contribution < -0.4 is 31.1 Å². The second-order valence-electron chi connectivity index (χ2n) is 30.7. The molecule has 0 amide bonds. The van der Waals surface area contributed by atoms with Gasteiger partial charge >= 0.3 is 0 Å². The Kier molecular flexibility index (Phi) is 11.2. The molecule has 2 aliphatic carbocycles. The number of hydrogen-bond acceptors (Lipinski definition) is 3. The third-order valence-corrected chi connectivity index (χ3v) is 21.9. The van der Waals surface area contributed by atoms with E-state index >= 15 is 0 Å². The van der Waals surface area contributed by atoms with Crippen LogP contribution in [0.15, 0.2) is 152 Å². The highest BCUT2D eigenvalue weighted by Gasteiger charge is 2.65. The summed E-state index contributed by atoms with van der Waals surface area (Å²) in [6.07, 6.45) is 9.44. The summed E-state index contributed by atoms with van der Waals surface area (Å²) in [7, 11) is 0. The predicted octanol–water partition coefficient (Wildman–Crippen LogP) is 18.8. The lowest BCUT2D eigenvalue weighted by Gasteiger charge is -2.54. The number of rotatable bonds is 4. The highest BCUT2D eigenvalue weighted by atomic mass is 15.3. The topological polar surface area (TPSA) is 9.72 Å². The van der Waals surface area contributed by atoms with Gasteiger partial charge in [0.25, 0.3) is 6.71 Å². The first-order chi connectivity index (χ1) is 38.3. The van der Waals surface area contributed by atoms with Crippen molar-refractivity contribution in [3.63, 3.8) is 0 Å². The molecule has 81 heavy (non-hydrogen) atoms. The monoisotopic (exact) mass is 1060 g/mol. The fourth-order valence-electron chi connectivity index (χ4n) is 17.0. The van der Waals surface area contributed by atoms with E-state index in [1.54, 1.807) is 0 Å². The molecule has 4 heteroatoms. The first-order valence-corrected chi connectivity index (χ1v) is 31.0. The first-order valence-electron chi connectivity index (χ1n) is 31.0. The molecule has 0 N–H and O–H groups in total. The maximum atomic E-state index is 3.00. The van der Waals surface area contributed by atoms with Gasteiger partial charge in [-0.1, -0.05) is 225 Å². The summed E-state index contributed by atoms with van der Waals surface area (Å²) in [6.45, 7) is 36.8. The van der Waals surface area contributed by atoms with E-state index in [2.05, 4.69) is 270 Å². The number of nitrogens with zero attached hydrogens (tertiary/aromatic N) is 3. The second-order valence-corrected chi connectivity index (χ2v) is 30.7. The molecule has 8 aromatic carbocycles. The predicted molar refractivity (Wildman–Crippen MR) is 349 cm³/mol. The van der Waals surface area contributed by atoms with Crippen molar-refractivity contribution < 1.29 is 0 Å². The molecule has 3 nitrogen and oxygen atoms in total. The van der Waals surface area contributed by atoms with Crippen LogP contribution in [0.5, 0.6) is 0 Å². The smallest absolute Gasteiger partial charge is 0.252 e. The Hall–Kier alpha value is -6.52. The van der Waals surface area contributed by atoms with Crippen LogP contribution in [0.4, 0.5) is 39.8 Å².